The summed E-state index contributed by atoms with van der Waals surface area (Å²) in [4.78, 5) is 3.88. The first kappa shape index (κ1) is 19.9. The molecule has 0 unspecified atom stereocenters. The molecule has 3 heterocycles. The first-order valence-corrected chi connectivity index (χ1v) is 14.7. The SMILES string of the molecule is c1ccc2c(c1)Cc1c-2c2c3c4ccccc4sc3c3[nH]c4ccccc4c3c2c2c1sc1ccccc12. The van der Waals surface area contributed by atoms with E-state index in [0.29, 0.717) is 0 Å². The number of benzene rings is 6. The summed E-state index contributed by atoms with van der Waals surface area (Å²) < 4.78 is 5.55. The zero-order chi connectivity index (χ0) is 24.5. The van der Waals surface area contributed by atoms with Gasteiger partial charge in [-0.3, -0.25) is 0 Å². The van der Waals surface area contributed by atoms with Gasteiger partial charge in [0.2, 0.25) is 0 Å². The predicted octanol–water partition coefficient (Wildman–Crippen LogP) is 10.8. The van der Waals surface area contributed by atoms with Crippen molar-refractivity contribution in [1.29, 1.82) is 0 Å². The zero-order valence-corrected chi connectivity index (χ0v) is 21.9. The molecule has 0 aliphatic heterocycles. The molecule has 1 nitrogen and oxygen atoms in total. The molecular weight excluding hydrogens is 499 g/mol. The number of para-hydroxylation sites is 1. The molecule has 176 valence electrons. The lowest BCUT2D eigenvalue weighted by Crippen LogP contribution is -1.88. The summed E-state index contributed by atoms with van der Waals surface area (Å²) >= 11 is 3.90. The van der Waals surface area contributed by atoms with E-state index in [1.807, 2.05) is 22.7 Å². The first-order valence-electron chi connectivity index (χ1n) is 13.1. The Morgan fingerprint density at radius 1 is 0.526 bits per heavy atom. The molecule has 1 N–H and O–H groups in total. The Bertz CT molecular complexity index is 2480. The molecule has 1 aliphatic carbocycles. The molecule has 6 aromatic carbocycles. The van der Waals surface area contributed by atoms with Gasteiger partial charge in [-0.25, -0.2) is 0 Å². The number of nitrogens with one attached hydrogen (secondary N) is 1. The smallest absolute Gasteiger partial charge is 0.0653 e. The van der Waals surface area contributed by atoms with Crippen molar-refractivity contribution >= 4 is 95.6 Å². The van der Waals surface area contributed by atoms with Crippen LogP contribution in [0.3, 0.4) is 0 Å². The van der Waals surface area contributed by atoms with Crippen LogP contribution in [0.5, 0.6) is 0 Å². The van der Waals surface area contributed by atoms with E-state index in [4.69, 9.17) is 0 Å². The van der Waals surface area contributed by atoms with Crippen molar-refractivity contribution < 1.29 is 0 Å². The molecule has 0 fully saturated rings. The Labute approximate surface area is 225 Å². The Balaban J connectivity index is 1.66. The quantitative estimate of drug-likeness (QED) is 0.206. The minimum absolute atomic E-state index is 1.00. The van der Waals surface area contributed by atoms with Gasteiger partial charge in [-0.15, -0.1) is 22.7 Å². The second kappa shape index (κ2) is 6.82. The van der Waals surface area contributed by atoms with Crippen LogP contribution in [-0.2, 0) is 6.42 Å². The summed E-state index contributed by atoms with van der Waals surface area (Å²) in [5.41, 5.74) is 8.30. The molecule has 3 aromatic heterocycles. The van der Waals surface area contributed by atoms with Gasteiger partial charge >= 0.3 is 0 Å². The van der Waals surface area contributed by atoms with E-state index < -0.39 is 0 Å². The summed E-state index contributed by atoms with van der Waals surface area (Å²) in [5.74, 6) is 0. The van der Waals surface area contributed by atoms with Crippen molar-refractivity contribution in [3.8, 4) is 11.1 Å². The van der Waals surface area contributed by atoms with E-state index in [-0.39, 0.29) is 0 Å². The van der Waals surface area contributed by atoms with E-state index in [0.717, 1.165) is 6.42 Å². The lowest BCUT2D eigenvalue weighted by atomic mass is 9.88. The van der Waals surface area contributed by atoms with E-state index in [9.17, 15) is 0 Å². The minimum Gasteiger partial charge on any atom is -0.353 e. The van der Waals surface area contributed by atoms with Crippen LogP contribution in [-0.4, -0.2) is 4.98 Å². The number of aromatic amines is 1. The second-order valence-electron chi connectivity index (χ2n) is 10.5. The van der Waals surface area contributed by atoms with Gasteiger partial charge in [0.05, 0.1) is 10.2 Å². The first-order chi connectivity index (χ1) is 18.9. The fourth-order valence-electron chi connectivity index (χ4n) is 7.14. The predicted molar refractivity (Wildman–Crippen MR) is 167 cm³/mol. The summed E-state index contributed by atoms with van der Waals surface area (Å²) in [6, 6.07) is 35.9. The van der Waals surface area contributed by atoms with Gasteiger partial charge in [0, 0.05) is 69.1 Å². The number of hydrogen-bond acceptors (Lipinski definition) is 2. The monoisotopic (exact) mass is 517 g/mol. The molecule has 10 rings (SSSR count). The molecule has 3 heteroatoms. The van der Waals surface area contributed by atoms with Gasteiger partial charge in [-0.1, -0.05) is 78.9 Å². The Kier molecular flexibility index (Phi) is 3.56. The van der Waals surface area contributed by atoms with Crippen LogP contribution in [0, 0.1) is 0 Å². The number of hydrogen-bond donors (Lipinski definition) is 1. The van der Waals surface area contributed by atoms with E-state index in [1.54, 1.807) is 0 Å². The van der Waals surface area contributed by atoms with Gasteiger partial charge in [0.1, 0.15) is 0 Å². The van der Waals surface area contributed by atoms with Gasteiger partial charge in [0.25, 0.3) is 0 Å². The highest BCUT2D eigenvalue weighted by Gasteiger charge is 2.30. The average Bonchev–Trinajstić information content (AvgIpc) is 3.72. The summed E-state index contributed by atoms with van der Waals surface area (Å²) in [6.07, 6.45) is 1.00. The maximum atomic E-state index is 3.88. The van der Waals surface area contributed by atoms with Crippen LogP contribution in [0.15, 0.2) is 97.1 Å². The minimum atomic E-state index is 1.00. The number of rotatable bonds is 0. The van der Waals surface area contributed by atoms with Crippen molar-refractivity contribution in [1.82, 2.24) is 4.98 Å². The number of H-pyrrole nitrogens is 1. The molecule has 0 spiro atoms. The molecular formula is C35H19NS2. The second-order valence-corrected chi connectivity index (χ2v) is 12.6. The molecule has 0 bridgehead atoms. The van der Waals surface area contributed by atoms with Crippen molar-refractivity contribution in [3.63, 3.8) is 0 Å². The van der Waals surface area contributed by atoms with Crippen LogP contribution >= 0.6 is 22.7 Å². The van der Waals surface area contributed by atoms with Crippen LogP contribution < -0.4 is 0 Å². The highest BCUT2D eigenvalue weighted by atomic mass is 32.1. The van der Waals surface area contributed by atoms with Gasteiger partial charge in [-0.05, 0) is 40.5 Å². The van der Waals surface area contributed by atoms with E-state index >= 15 is 0 Å². The third-order valence-corrected chi connectivity index (χ3v) is 11.0. The van der Waals surface area contributed by atoms with Crippen molar-refractivity contribution in [2.75, 3.05) is 0 Å². The molecule has 0 atom stereocenters. The van der Waals surface area contributed by atoms with Crippen LogP contribution in [0.25, 0.3) is 84.0 Å². The fraction of sp³-hybridized carbons (Fsp3) is 0.0286. The molecule has 38 heavy (non-hydrogen) atoms. The third-order valence-electron chi connectivity index (χ3n) is 8.60. The number of aromatic nitrogens is 1. The highest BCUT2D eigenvalue weighted by Crippen LogP contribution is 2.56. The topological polar surface area (TPSA) is 15.8 Å². The summed E-state index contributed by atoms with van der Waals surface area (Å²) in [6.45, 7) is 0. The Morgan fingerprint density at radius 2 is 1.16 bits per heavy atom. The summed E-state index contributed by atoms with van der Waals surface area (Å²) in [5, 5.41) is 11.1. The van der Waals surface area contributed by atoms with Gasteiger partial charge in [0.15, 0.2) is 0 Å². The lowest BCUT2D eigenvalue weighted by Gasteiger charge is -2.14. The molecule has 0 saturated carbocycles. The number of fused-ring (bicyclic) bond motifs is 19. The molecule has 0 amide bonds. The van der Waals surface area contributed by atoms with Gasteiger partial charge in [-0.2, -0.15) is 0 Å². The number of thiophene rings is 2. The lowest BCUT2D eigenvalue weighted by molar-refractivity contribution is 1.29. The molecule has 9 aromatic rings. The Hall–Kier alpha value is -4.18. The normalized spacial score (nSPS) is 13.2. The highest BCUT2D eigenvalue weighted by molar-refractivity contribution is 7.27. The largest absolute Gasteiger partial charge is 0.353 e. The zero-order valence-electron chi connectivity index (χ0n) is 20.3. The third kappa shape index (κ3) is 2.25. The Morgan fingerprint density at radius 3 is 1.97 bits per heavy atom. The molecule has 0 radical (unpaired) electrons. The van der Waals surface area contributed by atoms with Crippen LogP contribution in [0.2, 0.25) is 0 Å². The van der Waals surface area contributed by atoms with Crippen molar-refractivity contribution in [2.45, 2.75) is 6.42 Å². The fourth-order valence-corrected chi connectivity index (χ4v) is 9.61. The summed E-state index contributed by atoms with van der Waals surface area (Å²) in [7, 11) is 0. The van der Waals surface area contributed by atoms with Crippen molar-refractivity contribution in [3.05, 3.63) is 108 Å². The van der Waals surface area contributed by atoms with Crippen molar-refractivity contribution in [2.24, 2.45) is 0 Å². The van der Waals surface area contributed by atoms with Crippen LogP contribution in [0.4, 0.5) is 0 Å². The standard InChI is InChI=1S/C35H19NS2/c1-2-10-19-18(9-1)17-23-27(19)31-30-22-13-5-8-16-26(22)38-35(30)33-28(20-11-3-6-14-24(20)36-33)32(31)29-21-12-4-7-15-25(21)37-34(23)29/h1-16,36H,17H2. The van der Waals surface area contributed by atoms with E-state index in [2.05, 4.69) is 102 Å². The van der Waals surface area contributed by atoms with Crippen LogP contribution in [0.1, 0.15) is 11.1 Å². The molecule has 0 saturated heterocycles. The van der Waals surface area contributed by atoms with Gasteiger partial charge < -0.3 is 4.98 Å². The maximum absolute atomic E-state index is 3.88. The maximum Gasteiger partial charge on any atom is 0.0653 e. The average molecular weight is 518 g/mol. The van der Waals surface area contributed by atoms with E-state index in [1.165, 1.54) is 95.2 Å². The molecule has 1 aliphatic rings.